The van der Waals surface area contributed by atoms with Crippen molar-refractivity contribution in [3.05, 3.63) is 40.2 Å². The SMILES string of the molecule is Cc1nc(-c2cccc(C(=O)N3CCC[C@@H](CCC(=O)O)C3)c2)cs1. The van der Waals surface area contributed by atoms with Crippen LogP contribution in [0.2, 0.25) is 0 Å². The summed E-state index contributed by atoms with van der Waals surface area (Å²) in [6.45, 7) is 3.35. The fourth-order valence-corrected chi connectivity index (χ4v) is 3.92. The fourth-order valence-electron chi connectivity index (χ4n) is 3.30. The number of carbonyl (C=O) groups is 2. The van der Waals surface area contributed by atoms with Crippen molar-refractivity contribution in [1.29, 1.82) is 0 Å². The Morgan fingerprint density at radius 2 is 2.24 bits per heavy atom. The van der Waals surface area contributed by atoms with Crippen molar-refractivity contribution in [3.8, 4) is 11.3 Å². The Kier molecular flexibility index (Phi) is 5.48. The van der Waals surface area contributed by atoms with Gasteiger partial charge in [0.05, 0.1) is 10.7 Å². The van der Waals surface area contributed by atoms with Gasteiger partial charge in [0.15, 0.2) is 0 Å². The molecule has 132 valence electrons. The van der Waals surface area contributed by atoms with E-state index in [9.17, 15) is 9.59 Å². The largest absolute Gasteiger partial charge is 0.481 e. The number of nitrogens with zero attached hydrogens (tertiary/aromatic N) is 2. The lowest BCUT2D eigenvalue weighted by Crippen LogP contribution is -2.40. The third-order valence-electron chi connectivity index (χ3n) is 4.60. The van der Waals surface area contributed by atoms with Gasteiger partial charge in [-0.05, 0) is 44.2 Å². The maximum atomic E-state index is 12.9. The van der Waals surface area contributed by atoms with Gasteiger partial charge in [-0.25, -0.2) is 4.98 Å². The number of carboxylic acids is 1. The van der Waals surface area contributed by atoms with Gasteiger partial charge < -0.3 is 10.0 Å². The normalized spacial score (nSPS) is 17.5. The van der Waals surface area contributed by atoms with Crippen LogP contribution in [-0.4, -0.2) is 40.0 Å². The highest BCUT2D eigenvalue weighted by Crippen LogP contribution is 2.25. The Balaban J connectivity index is 1.71. The number of hydrogen-bond acceptors (Lipinski definition) is 4. The molecule has 1 aromatic heterocycles. The maximum absolute atomic E-state index is 12.9. The topological polar surface area (TPSA) is 70.5 Å². The number of benzene rings is 1. The predicted molar refractivity (Wildman–Crippen MR) is 97.8 cm³/mol. The molecule has 25 heavy (non-hydrogen) atoms. The summed E-state index contributed by atoms with van der Waals surface area (Å²) in [4.78, 5) is 30.0. The van der Waals surface area contributed by atoms with Gasteiger partial charge in [0, 0.05) is 36.0 Å². The number of rotatable bonds is 5. The smallest absolute Gasteiger partial charge is 0.303 e. The molecule has 0 spiro atoms. The quantitative estimate of drug-likeness (QED) is 0.882. The van der Waals surface area contributed by atoms with Gasteiger partial charge in [-0.3, -0.25) is 9.59 Å². The van der Waals surface area contributed by atoms with Crippen molar-refractivity contribution in [1.82, 2.24) is 9.88 Å². The van der Waals surface area contributed by atoms with Crippen LogP contribution in [0, 0.1) is 12.8 Å². The third kappa shape index (κ3) is 4.45. The van der Waals surface area contributed by atoms with E-state index < -0.39 is 5.97 Å². The average Bonchev–Trinajstić information content (AvgIpc) is 3.06. The Morgan fingerprint density at radius 1 is 1.40 bits per heavy atom. The van der Waals surface area contributed by atoms with E-state index >= 15 is 0 Å². The zero-order valence-corrected chi connectivity index (χ0v) is 15.1. The first kappa shape index (κ1) is 17.6. The van der Waals surface area contributed by atoms with Crippen molar-refractivity contribution in [2.75, 3.05) is 13.1 Å². The minimum atomic E-state index is -0.769. The molecular weight excluding hydrogens is 336 g/mol. The van der Waals surface area contributed by atoms with Crippen LogP contribution in [0.25, 0.3) is 11.3 Å². The summed E-state index contributed by atoms with van der Waals surface area (Å²) in [7, 11) is 0. The molecule has 1 aliphatic rings. The van der Waals surface area contributed by atoms with Gasteiger partial charge in [-0.1, -0.05) is 12.1 Å². The van der Waals surface area contributed by atoms with Crippen LogP contribution in [0.5, 0.6) is 0 Å². The number of aliphatic carboxylic acids is 1. The van der Waals surface area contributed by atoms with E-state index in [1.165, 1.54) is 0 Å². The third-order valence-corrected chi connectivity index (χ3v) is 5.37. The van der Waals surface area contributed by atoms with Gasteiger partial charge in [-0.2, -0.15) is 0 Å². The molecule has 5 nitrogen and oxygen atoms in total. The average molecular weight is 358 g/mol. The highest BCUT2D eigenvalue weighted by molar-refractivity contribution is 7.09. The van der Waals surface area contributed by atoms with Gasteiger partial charge in [0.25, 0.3) is 5.91 Å². The minimum Gasteiger partial charge on any atom is -0.481 e. The Bertz CT molecular complexity index is 772. The van der Waals surface area contributed by atoms with Gasteiger partial charge in [0.1, 0.15) is 0 Å². The number of hydrogen-bond donors (Lipinski definition) is 1. The molecule has 0 aliphatic carbocycles. The molecule has 2 heterocycles. The summed E-state index contributed by atoms with van der Waals surface area (Å²) in [6, 6.07) is 7.60. The number of piperidine rings is 1. The Morgan fingerprint density at radius 3 is 2.96 bits per heavy atom. The van der Waals surface area contributed by atoms with E-state index in [0.29, 0.717) is 18.5 Å². The fraction of sp³-hybridized carbons (Fsp3) is 0.421. The molecule has 2 aromatic rings. The summed E-state index contributed by atoms with van der Waals surface area (Å²) in [5, 5.41) is 11.9. The molecule has 6 heteroatoms. The van der Waals surface area contributed by atoms with Crippen LogP contribution in [0.4, 0.5) is 0 Å². The van der Waals surface area contributed by atoms with E-state index in [1.807, 2.05) is 41.5 Å². The highest BCUT2D eigenvalue weighted by atomic mass is 32.1. The second-order valence-electron chi connectivity index (χ2n) is 6.52. The molecule has 1 fully saturated rings. The zero-order chi connectivity index (χ0) is 17.8. The molecule has 1 N–H and O–H groups in total. The van der Waals surface area contributed by atoms with Gasteiger partial charge >= 0.3 is 5.97 Å². The number of likely N-dealkylation sites (tertiary alicyclic amines) is 1. The lowest BCUT2D eigenvalue weighted by molar-refractivity contribution is -0.137. The van der Waals surface area contributed by atoms with E-state index in [0.717, 1.165) is 35.7 Å². The number of amides is 1. The number of carboxylic acid groups (broad SMARTS) is 1. The highest BCUT2D eigenvalue weighted by Gasteiger charge is 2.25. The Hall–Kier alpha value is -2.21. The van der Waals surface area contributed by atoms with E-state index in [-0.39, 0.29) is 18.2 Å². The molecule has 1 atom stereocenters. The van der Waals surface area contributed by atoms with E-state index in [2.05, 4.69) is 4.98 Å². The summed E-state index contributed by atoms with van der Waals surface area (Å²) >= 11 is 1.60. The van der Waals surface area contributed by atoms with Crippen LogP contribution in [-0.2, 0) is 4.79 Å². The molecule has 0 radical (unpaired) electrons. The lowest BCUT2D eigenvalue weighted by atomic mass is 9.93. The molecule has 1 aromatic carbocycles. The van der Waals surface area contributed by atoms with Crippen molar-refractivity contribution in [3.63, 3.8) is 0 Å². The number of thiazole rings is 1. The number of aryl methyl sites for hydroxylation is 1. The summed E-state index contributed by atoms with van der Waals surface area (Å²) < 4.78 is 0. The van der Waals surface area contributed by atoms with Crippen molar-refractivity contribution in [2.24, 2.45) is 5.92 Å². The Labute approximate surface area is 151 Å². The monoisotopic (exact) mass is 358 g/mol. The second kappa shape index (κ2) is 7.78. The maximum Gasteiger partial charge on any atom is 0.303 e. The van der Waals surface area contributed by atoms with Gasteiger partial charge in [0.2, 0.25) is 0 Å². The standard InChI is InChI=1S/C19H22N2O3S/c1-13-20-17(12-25-13)15-5-2-6-16(10-15)19(24)21-9-3-4-14(11-21)7-8-18(22)23/h2,5-6,10,12,14H,3-4,7-9,11H2,1H3,(H,22,23)/t14-/m0/s1. The first-order valence-electron chi connectivity index (χ1n) is 8.56. The van der Waals surface area contributed by atoms with Crippen LogP contribution < -0.4 is 0 Å². The molecule has 1 amide bonds. The molecule has 0 unspecified atom stereocenters. The summed E-state index contributed by atoms with van der Waals surface area (Å²) in [6.07, 6.45) is 2.73. The number of carbonyl (C=O) groups excluding carboxylic acids is 1. The molecule has 3 rings (SSSR count). The van der Waals surface area contributed by atoms with E-state index in [1.54, 1.807) is 11.3 Å². The van der Waals surface area contributed by atoms with Crippen LogP contribution in [0.1, 0.15) is 41.0 Å². The molecule has 0 saturated carbocycles. The van der Waals surface area contributed by atoms with Crippen LogP contribution >= 0.6 is 11.3 Å². The van der Waals surface area contributed by atoms with Crippen LogP contribution in [0.15, 0.2) is 29.6 Å². The van der Waals surface area contributed by atoms with E-state index in [4.69, 9.17) is 5.11 Å². The first-order valence-corrected chi connectivity index (χ1v) is 9.44. The minimum absolute atomic E-state index is 0.0221. The number of aromatic nitrogens is 1. The molecule has 1 saturated heterocycles. The van der Waals surface area contributed by atoms with Crippen molar-refractivity contribution >= 4 is 23.2 Å². The summed E-state index contributed by atoms with van der Waals surface area (Å²) in [5.74, 6) is -0.471. The zero-order valence-electron chi connectivity index (χ0n) is 14.3. The van der Waals surface area contributed by atoms with Crippen LogP contribution in [0.3, 0.4) is 0 Å². The van der Waals surface area contributed by atoms with Crippen molar-refractivity contribution in [2.45, 2.75) is 32.6 Å². The molecular formula is C19H22N2O3S. The molecule has 0 bridgehead atoms. The van der Waals surface area contributed by atoms with Crippen molar-refractivity contribution < 1.29 is 14.7 Å². The molecule has 1 aliphatic heterocycles. The lowest BCUT2D eigenvalue weighted by Gasteiger charge is -2.32. The summed E-state index contributed by atoms with van der Waals surface area (Å²) in [5.41, 5.74) is 2.52. The first-order chi connectivity index (χ1) is 12.0. The second-order valence-corrected chi connectivity index (χ2v) is 7.59. The van der Waals surface area contributed by atoms with Gasteiger partial charge in [-0.15, -0.1) is 11.3 Å². The predicted octanol–water partition coefficient (Wildman–Crippen LogP) is 3.84.